The molecule has 0 saturated carbocycles. The highest BCUT2D eigenvalue weighted by Gasteiger charge is 2.29. The average molecular weight is 559 g/mol. The second-order valence-corrected chi connectivity index (χ2v) is 10.8. The summed E-state index contributed by atoms with van der Waals surface area (Å²) in [4.78, 5) is 11.6. The van der Waals surface area contributed by atoms with Gasteiger partial charge >= 0.3 is 5.97 Å². The molecule has 1 aliphatic carbocycles. The molecule has 2 N–H and O–H groups in total. The van der Waals surface area contributed by atoms with Crippen molar-refractivity contribution < 1.29 is 19.4 Å². The molecule has 3 rings (SSSR count). The van der Waals surface area contributed by atoms with E-state index in [1.54, 1.807) is 19.1 Å². The van der Waals surface area contributed by atoms with Gasteiger partial charge in [-0.05, 0) is 82.1 Å². The van der Waals surface area contributed by atoms with E-state index in [4.69, 9.17) is 32.7 Å². The van der Waals surface area contributed by atoms with Gasteiger partial charge < -0.3 is 19.9 Å². The second-order valence-electron chi connectivity index (χ2n) is 10.1. The summed E-state index contributed by atoms with van der Waals surface area (Å²) >= 11 is 12.9. The molecule has 0 radical (unpaired) electrons. The number of β-amino-alcohol motifs (C(OH)–C–C–N with tert-alkyl or cyclic N) is 1. The molecule has 0 aromatic heterocycles. The number of hydrogen-bond acceptors (Lipinski definition) is 5. The van der Waals surface area contributed by atoms with E-state index in [2.05, 4.69) is 43.4 Å². The third kappa shape index (κ3) is 8.53. The van der Waals surface area contributed by atoms with Gasteiger partial charge in [0.2, 0.25) is 0 Å². The number of benzene rings is 2. The highest BCUT2D eigenvalue weighted by atomic mass is 35.5. The van der Waals surface area contributed by atoms with Crippen molar-refractivity contribution in [1.29, 1.82) is 0 Å². The van der Waals surface area contributed by atoms with Gasteiger partial charge in [0.05, 0.1) is 11.6 Å². The van der Waals surface area contributed by atoms with Crippen LogP contribution in [0.1, 0.15) is 57.2 Å². The molecule has 1 aliphatic rings. The Balaban J connectivity index is 0.00000456. The van der Waals surface area contributed by atoms with E-state index in [1.165, 1.54) is 11.1 Å². The number of rotatable bonds is 12. The van der Waals surface area contributed by atoms with Crippen LogP contribution in [0.25, 0.3) is 0 Å². The summed E-state index contributed by atoms with van der Waals surface area (Å²) in [5, 5.41) is 14.9. The summed E-state index contributed by atoms with van der Waals surface area (Å²) in [7, 11) is 0. The lowest BCUT2D eigenvalue weighted by molar-refractivity contribution is -0.143. The number of fused-ring (bicyclic) bond motifs is 1. The first-order valence-corrected chi connectivity index (χ1v) is 13.1. The smallest absolute Gasteiger partial charge is 0.306 e. The second kappa shape index (κ2) is 13.9. The maximum absolute atomic E-state index is 11.6. The zero-order valence-corrected chi connectivity index (χ0v) is 23.8. The molecule has 0 bridgehead atoms. The predicted octanol–water partition coefficient (Wildman–Crippen LogP) is 6.21. The quantitative estimate of drug-likeness (QED) is 0.303. The zero-order valence-electron chi connectivity index (χ0n) is 21.5. The molecule has 2 aromatic rings. The first-order valence-electron chi connectivity index (χ1n) is 12.4. The summed E-state index contributed by atoms with van der Waals surface area (Å²) in [5.41, 5.74) is 3.55. The number of aliphatic hydroxyl groups is 1. The van der Waals surface area contributed by atoms with Gasteiger partial charge in [0.25, 0.3) is 0 Å². The number of esters is 1. The van der Waals surface area contributed by atoms with Gasteiger partial charge in [0, 0.05) is 18.5 Å². The summed E-state index contributed by atoms with van der Waals surface area (Å²) in [6.07, 6.45) is 2.69. The minimum atomic E-state index is -0.728. The Labute approximate surface area is 231 Å². The van der Waals surface area contributed by atoms with Crippen LogP contribution in [0.5, 0.6) is 5.75 Å². The standard InChI is InChI=1S/C28H37Cl2NO4.ClH/c1-5-34-25(33)13-11-20-10-12-24(27(30)26(20)29)35-18(2)23(32)17-31-28(3,4)16-19-14-21-8-6-7-9-22(21)15-19;/h6-10,12,18-19,23,31-32H,5,11,13-17H2,1-4H3;1H/t18-,23+;/m1./s1. The molecule has 2 aromatic carbocycles. The lowest BCUT2D eigenvalue weighted by Crippen LogP contribution is -2.48. The van der Waals surface area contributed by atoms with Crippen LogP contribution >= 0.6 is 35.6 Å². The molecule has 8 heteroatoms. The number of carbonyl (C=O) groups excluding carboxylic acids is 1. The Bertz CT molecular complexity index is 989. The SMILES string of the molecule is CCOC(=O)CCc1ccc(O[C@H](C)[C@@H](O)CNC(C)(C)CC2Cc3ccccc3C2)c(Cl)c1Cl.Cl. The van der Waals surface area contributed by atoms with E-state index in [0.29, 0.717) is 36.3 Å². The lowest BCUT2D eigenvalue weighted by atomic mass is 9.88. The van der Waals surface area contributed by atoms with Gasteiger partial charge in [-0.1, -0.05) is 53.5 Å². The van der Waals surface area contributed by atoms with Crippen LogP contribution in [0.3, 0.4) is 0 Å². The highest BCUT2D eigenvalue weighted by molar-refractivity contribution is 6.43. The lowest BCUT2D eigenvalue weighted by Gasteiger charge is -2.32. The van der Waals surface area contributed by atoms with Crippen molar-refractivity contribution in [3.05, 3.63) is 63.1 Å². The Hall–Kier alpha value is -1.50. The van der Waals surface area contributed by atoms with Gasteiger partial charge in [-0.15, -0.1) is 12.4 Å². The van der Waals surface area contributed by atoms with E-state index in [9.17, 15) is 9.90 Å². The first kappa shape index (κ1) is 30.7. The van der Waals surface area contributed by atoms with Crippen LogP contribution in [0.4, 0.5) is 0 Å². The summed E-state index contributed by atoms with van der Waals surface area (Å²) in [6, 6.07) is 12.2. The van der Waals surface area contributed by atoms with Crippen LogP contribution in [-0.4, -0.2) is 42.0 Å². The molecule has 0 unspecified atom stereocenters. The topological polar surface area (TPSA) is 67.8 Å². The van der Waals surface area contributed by atoms with Crippen molar-refractivity contribution in [3.8, 4) is 5.75 Å². The van der Waals surface area contributed by atoms with Crippen LogP contribution in [-0.2, 0) is 28.8 Å². The molecule has 0 heterocycles. The Morgan fingerprint density at radius 2 is 1.78 bits per heavy atom. The molecule has 0 aliphatic heterocycles. The molecule has 0 amide bonds. The zero-order chi connectivity index (χ0) is 25.6. The molecule has 0 spiro atoms. The molecular weight excluding hydrogens is 521 g/mol. The van der Waals surface area contributed by atoms with Crippen LogP contribution in [0.2, 0.25) is 10.0 Å². The van der Waals surface area contributed by atoms with Crippen molar-refractivity contribution in [2.75, 3.05) is 13.2 Å². The average Bonchev–Trinajstić information content (AvgIpc) is 3.21. The van der Waals surface area contributed by atoms with Crippen molar-refractivity contribution in [3.63, 3.8) is 0 Å². The normalized spacial score (nSPS) is 15.1. The number of hydrogen-bond donors (Lipinski definition) is 2. The van der Waals surface area contributed by atoms with Crippen molar-refractivity contribution >= 4 is 41.6 Å². The van der Waals surface area contributed by atoms with E-state index >= 15 is 0 Å². The predicted molar refractivity (Wildman–Crippen MR) is 149 cm³/mol. The molecule has 0 fully saturated rings. The van der Waals surface area contributed by atoms with E-state index in [1.807, 2.05) is 6.92 Å². The molecular formula is C28H38Cl3NO4. The number of aryl methyl sites for hydroxylation is 1. The van der Waals surface area contributed by atoms with Crippen molar-refractivity contribution in [1.82, 2.24) is 5.32 Å². The largest absolute Gasteiger partial charge is 0.486 e. The van der Waals surface area contributed by atoms with Gasteiger partial charge in [0.1, 0.15) is 23.0 Å². The number of carbonyl (C=O) groups is 1. The fraction of sp³-hybridized carbons (Fsp3) is 0.536. The maximum atomic E-state index is 11.6. The third-order valence-electron chi connectivity index (χ3n) is 6.61. The molecule has 200 valence electrons. The molecule has 0 saturated heterocycles. The fourth-order valence-electron chi connectivity index (χ4n) is 4.74. The van der Waals surface area contributed by atoms with E-state index in [-0.39, 0.29) is 35.4 Å². The number of ether oxygens (including phenoxy) is 2. The number of halogens is 3. The fourth-order valence-corrected chi connectivity index (χ4v) is 5.22. The molecule has 5 nitrogen and oxygen atoms in total. The summed E-state index contributed by atoms with van der Waals surface area (Å²) < 4.78 is 10.9. The highest BCUT2D eigenvalue weighted by Crippen LogP contribution is 2.36. The summed E-state index contributed by atoms with van der Waals surface area (Å²) in [6.45, 7) is 8.69. The Kier molecular flexibility index (Phi) is 11.8. The van der Waals surface area contributed by atoms with Crippen molar-refractivity contribution in [2.45, 2.75) is 77.5 Å². The summed E-state index contributed by atoms with van der Waals surface area (Å²) in [5.74, 6) is 0.736. The van der Waals surface area contributed by atoms with Crippen LogP contribution in [0.15, 0.2) is 36.4 Å². The minimum Gasteiger partial charge on any atom is -0.486 e. The van der Waals surface area contributed by atoms with Crippen molar-refractivity contribution in [2.24, 2.45) is 5.92 Å². The van der Waals surface area contributed by atoms with Gasteiger partial charge in [-0.3, -0.25) is 4.79 Å². The van der Waals surface area contributed by atoms with Gasteiger partial charge in [-0.2, -0.15) is 0 Å². The van der Waals surface area contributed by atoms with Gasteiger partial charge in [0.15, 0.2) is 0 Å². The minimum absolute atomic E-state index is 0. The Morgan fingerprint density at radius 1 is 1.14 bits per heavy atom. The third-order valence-corrected chi connectivity index (χ3v) is 7.51. The van der Waals surface area contributed by atoms with Crippen LogP contribution < -0.4 is 10.1 Å². The Morgan fingerprint density at radius 3 is 2.39 bits per heavy atom. The first-order chi connectivity index (χ1) is 16.6. The molecule has 36 heavy (non-hydrogen) atoms. The maximum Gasteiger partial charge on any atom is 0.306 e. The van der Waals surface area contributed by atoms with E-state index in [0.717, 1.165) is 24.8 Å². The molecule has 2 atom stereocenters. The number of aliphatic hydroxyl groups excluding tert-OH is 1. The monoisotopic (exact) mass is 557 g/mol. The number of nitrogens with one attached hydrogen (secondary N) is 1. The van der Waals surface area contributed by atoms with Gasteiger partial charge in [-0.25, -0.2) is 0 Å². The van der Waals surface area contributed by atoms with E-state index < -0.39 is 12.2 Å². The van der Waals surface area contributed by atoms with Crippen LogP contribution in [0, 0.1) is 5.92 Å².